The molecule has 2 aromatic rings. The van der Waals surface area contributed by atoms with E-state index >= 15 is 0 Å². The summed E-state index contributed by atoms with van der Waals surface area (Å²) in [5.41, 5.74) is 2.67. The summed E-state index contributed by atoms with van der Waals surface area (Å²) in [6.07, 6.45) is 3.58. The van der Waals surface area contributed by atoms with Crippen molar-refractivity contribution in [1.29, 1.82) is 0 Å². The second-order valence-corrected chi connectivity index (χ2v) is 4.84. The molecular formula is C14H16N4O2. The van der Waals surface area contributed by atoms with Crippen molar-refractivity contribution in [3.8, 4) is 0 Å². The van der Waals surface area contributed by atoms with Crippen LogP contribution in [-0.4, -0.2) is 32.6 Å². The number of aromatic nitrogens is 3. The molecule has 1 aromatic carbocycles. The molecule has 0 spiro atoms. The molecule has 0 atom stereocenters. The van der Waals surface area contributed by atoms with E-state index in [1.54, 1.807) is 11.1 Å². The Bertz CT molecular complexity index is 623. The van der Waals surface area contributed by atoms with Gasteiger partial charge in [0.2, 0.25) is 5.91 Å². The number of carbonyl (C=O) groups excluding carboxylic acids is 1. The number of aliphatic hydroxyl groups excluding tert-OH is 1. The molecule has 1 amide bonds. The van der Waals surface area contributed by atoms with Crippen LogP contribution in [0.5, 0.6) is 0 Å². The van der Waals surface area contributed by atoms with E-state index in [2.05, 4.69) is 16.4 Å². The Morgan fingerprint density at radius 1 is 1.35 bits per heavy atom. The zero-order valence-electron chi connectivity index (χ0n) is 11.1. The Kier molecular flexibility index (Phi) is 3.47. The Morgan fingerprint density at radius 2 is 2.20 bits per heavy atom. The zero-order chi connectivity index (χ0) is 13.9. The fourth-order valence-corrected chi connectivity index (χ4v) is 2.50. The standard InChI is InChI=1S/C14H16N4O2/c19-10-12-8-17(16-15-12)9-14(20)18-7-3-5-11-4-1-2-6-13(11)18/h1-2,4,6,8,19H,3,5,7,9-10H2. The van der Waals surface area contributed by atoms with Crippen LogP contribution in [0.3, 0.4) is 0 Å². The normalized spacial score (nSPS) is 14.2. The third-order valence-corrected chi connectivity index (χ3v) is 3.46. The minimum absolute atomic E-state index is 0.00783. The van der Waals surface area contributed by atoms with E-state index in [0.29, 0.717) is 5.69 Å². The fourth-order valence-electron chi connectivity index (χ4n) is 2.50. The smallest absolute Gasteiger partial charge is 0.248 e. The number of anilines is 1. The van der Waals surface area contributed by atoms with Gasteiger partial charge in [-0.05, 0) is 24.5 Å². The molecule has 1 aliphatic rings. The van der Waals surface area contributed by atoms with E-state index < -0.39 is 0 Å². The summed E-state index contributed by atoms with van der Waals surface area (Å²) in [6, 6.07) is 7.99. The van der Waals surface area contributed by atoms with E-state index in [9.17, 15) is 4.79 Å². The molecule has 3 rings (SSSR count). The first kappa shape index (κ1) is 12.8. The van der Waals surface area contributed by atoms with E-state index in [0.717, 1.165) is 25.1 Å². The predicted molar refractivity (Wildman–Crippen MR) is 73.1 cm³/mol. The number of hydrogen-bond acceptors (Lipinski definition) is 4. The molecule has 6 heteroatoms. The van der Waals surface area contributed by atoms with E-state index in [4.69, 9.17) is 5.11 Å². The maximum atomic E-state index is 12.4. The van der Waals surface area contributed by atoms with Gasteiger partial charge in [-0.3, -0.25) is 4.79 Å². The number of aliphatic hydroxyl groups is 1. The molecule has 0 saturated heterocycles. The van der Waals surface area contributed by atoms with Crippen LogP contribution >= 0.6 is 0 Å². The topological polar surface area (TPSA) is 71.2 Å². The summed E-state index contributed by atoms with van der Waals surface area (Å²) < 4.78 is 1.46. The second kappa shape index (κ2) is 5.42. The highest BCUT2D eigenvalue weighted by Crippen LogP contribution is 2.26. The summed E-state index contributed by atoms with van der Waals surface area (Å²) in [7, 11) is 0. The van der Waals surface area contributed by atoms with Gasteiger partial charge in [0.25, 0.3) is 0 Å². The van der Waals surface area contributed by atoms with Crippen molar-refractivity contribution in [2.45, 2.75) is 26.0 Å². The zero-order valence-corrected chi connectivity index (χ0v) is 11.1. The van der Waals surface area contributed by atoms with Gasteiger partial charge in [-0.15, -0.1) is 5.10 Å². The molecular weight excluding hydrogens is 256 g/mol. The maximum absolute atomic E-state index is 12.4. The van der Waals surface area contributed by atoms with Gasteiger partial charge < -0.3 is 10.0 Å². The third-order valence-electron chi connectivity index (χ3n) is 3.46. The highest BCUT2D eigenvalue weighted by molar-refractivity contribution is 5.94. The molecule has 1 N–H and O–H groups in total. The highest BCUT2D eigenvalue weighted by Gasteiger charge is 2.22. The lowest BCUT2D eigenvalue weighted by atomic mass is 10.0. The number of fused-ring (bicyclic) bond motifs is 1. The van der Waals surface area contributed by atoms with Crippen LogP contribution in [0.1, 0.15) is 17.7 Å². The SMILES string of the molecule is O=C(Cn1cc(CO)nn1)N1CCCc2ccccc21. The summed E-state index contributed by atoms with van der Waals surface area (Å²) in [6.45, 7) is 0.708. The molecule has 0 unspecified atom stereocenters. The lowest BCUT2D eigenvalue weighted by Crippen LogP contribution is -2.37. The van der Waals surface area contributed by atoms with Crippen LogP contribution in [0, 0.1) is 0 Å². The van der Waals surface area contributed by atoms with Crippen molar-refractivity contribution in [3.63, 3.8) is 0 Å². The van der Waals surface area contributed by atoms with Crippen molar-refractivity contribution in [2.24, 2.45) is 0 Å². The third kappa shape index (κ3) is 2.42. The van der Waals surface area contributed by atoms with Gasteiger partial charge in [0.05, 0.1) is 12.8 Å². The number of carbonyl (C=O) groups is 1. The average Bonchev–Trinajstić information content (AvgIpc) is 2.94. The van der Waals surface area contributed by atoms with Gasteiger partial charge in [0, 0.05) is 12.2 Å². The van der Waals surface area contributed by atoms with Crippen LogP contribution in [-0.2, 0) is 24.4 Å². The Hall–Kier alpha value is -2.21. The first-order chi connectivity index (χ1) is 9.78. The summed E-state index contributed by atoms with van der Waals surface area (Å²) in [4.78, 5) is 14.2. The van der Waals surface area contributed by atoms with Gasteiger partial charge in [0.1, 0.15) is 12.2 Å². The van der Waals surface area contributed by atoms with Crippen molar-refractivity contribution >= 4 is 11.6 Å². The number of benzene rings is 1. The van der Waals surface area contributed by atoms with E-state index in [1.165, 1.54) is 10.2 Å². The predicted octanol–water partition coefficient (Wildman–Crippen LogP) is 0.750. The molecule has 1 aliphatic heterocycles. The van der Waals surface area contributed by atoms with Gasteiger partial charge in [0.15, 0.2) is 0 Å². The number of aryl methyl sites for hydroxylation is 1. The number of rotatable bonds is 3. The minimum Gasteiger partial charge on any atom is -0.390 e. The fraction of sp³-hybridized carbons (Fsp3) is 0.357. The van der Waals surface area contributed by atoms with Crippen molar-refractivity contribution in [3.05, 3.63) is 41.7 Å². The quantitative estimate of drug-likeness (QED) is 0.895. The lowest BCUT2D eigenvalue weighted by molar-refractivity contribution is -0.119. The molecule has 104 valence electrons. The van der Waals surface area contributed by atoms with E-state index in [-0.39, 0.29) is 19.1 Å². The Balaban J connectivity index is 1.78. The highest BCUT2D eigenvalue weighted by atomic mass is 16.3. The van der Waals surface area contributed by atoms with Gasteiger partial charge in [-0.1, -0.05) is 23.4 Å². The maximum Gasteiger partial charge on any atom is 0.248 e. The van der Waals surface area contributed by atoms with Gasteiger partial charge in [-0.2, -0.15) is 0 Å². The van der Waals surface area contributed by atoms with Crippen LogP contribution in [0.15, 0.2) is 30.5 Å². The first-order valence-electron chi connectivity index (χ1n) is 6.66. The first-order valence-corrected chi connectivity index (χ1v) is 6.66. The molecule has 0 saturated carbocycles. The molecule has 1 aromatic heterocycles. The van der Waals surface area contributed by atoms with Crippen molar-refractivity contribution in [1.82, 2.24) is 15.0 Å². The summed E-state index contributed by atoms with van der Waals surface area (Å²) in [5.74, 6) is -0.00783. The number of para-hydroxylation sites is 1. The molecule has 0 radical (unpaired) electrons. The largest absolute Gasteiger partial charge is 0.390 e. The monoisotopic (exact) mass is 272 g/mol. The Morgan fingerprint density at radius 3 is 3.00 bits per heavy atom. The summed E-state index contributed by atoms with van der Waals surface area (Å²) >= 11 is 0. The number of hydrogen-bond donors (Lipinski definition) is 1. The Labute approximate surface area is 116 Å². The van der Waals surface area contributed by atoms with E-state index in [1.807, 2.05) is 18.2 Å². The van der Waals surface area contributed by atoms with Gasteiger partial charge in [-0.25, -0.2) is 4.68 Å². The molecule has 20 heavy (non-hydrogen) atoms. The molecule has 6 nitrogen and oxygen atoms in total. The van der Waals surface area contributed by atoms with Crippen molar-refractivity contribution < 1.29 is 9.90 Å². The summed E-state index contributed by atoms with van der Waals surface area (Å²) in [5, 5.41) is 16.6. The van der Waals surface area contributed by atoms with Gasteiger partial charge >= 0.3 is 0 Å². The molecule has 2 heterocycles. The molecule has 0 fully saturated rings. The van der Waals surface area contributed by atoms with Crippen LogP contribution in [0.2, 0.25) is 0 Å². The number of amides is 1. The average molecular weight is 272 g/mol. The molecule has 0 aliphatic carbocycles. The lowest BCUT2D eigenvalue weighted by Gasteiger charge is -2.29. The van der Waals surface area contributed by atoms with Crippen LogP contribution in [0.4, 0.5) is 5.69 Å². The van der Waals surface area contributed by atoms with Crippen molar-refractivity contribution in [2.75, 3.05) is 11.4 Å². The minimum atomic E-state index is -0.166. The van der Waals surface area contributed by atoms with Crippen LogP contribution < -0.4 is 4.90 Å². The van der Waals surface area contributed by atoms with Crippen LogP contribution in [0.25, 0.3) is 0 Å². The number of nitrogens with zero attached hydrogens (tertiary/aromatic N) is 4. The second-order valence-electron chi connectivity index (χ2n) is 4.84. The molecule has 0 bridgehead atoms.